The molecule has 2 aromatic carbocycles. The van der Waals surface area contributed by atoms with Crippen LogP contribution in [0.1, 0.15) is 50.6 Å². The van der Waals surface area contributed by atoms with Crippen LogP contribution in [-0.2, 0) is 0 Å². The van der Waals surface area contributed by atoms with E-state index < -0.39 is 0 Å². The Morgan fingerprint density at radius 3 is 2.51 bits per heavy atom. The van der Waals surface area contributed by atoms with Gasteiger partial charge in [0.2, 0.25) is 5.95 Å². The molecule has 0 atom stereocenters. The Bertz CT molecular complexity index is 1640. The SMILES string of the molecule is CCCNC1CCC(n2c(=O)c(-c3cccc(Cl)c3)cc3cnc(Nc4ccc(N5CCN(C)CC5)c(C)c4)nc32)CC1. The molecule has 0 radical (unpaired) electrons. The molecule has 1 saturated heterocycles. The Kier molecular flexibility index (Phi) is 8.98. The van der Waals surface area contributed by atoms with Crippen LogP contribution in [0.25, 0.3) is 22.2 Å². The lowest BCUT2D eigenvalue weighted by molar-refractivity contribution is 0.291. The Labute approximate surface area is 259 Å². The van der Waals surface area contributed by atoms with Gasteiger partial charge < -0.3 is 20.4 Å². The number of piperazine rings is 1. The molecule has 2 N–H and O–H groups in total. The van der Waals surface area contributed by atoms with Gasteiger partial charge in [-0.05, 0) is 100 Å². The number of nitrogens with one attached hydrogen (secondary N) is 2. The van der Waals surface area contributed by atoms with E-state index in [1.54, 1.807) is 0 Å². The van der Waals surface area contributed by atoms with Crippen LogP contribution in [0.15, 0.2) is 59.5 Å². The molecule has 4 aromatic rings. The molecule has 226 valence electrons. The third-order valence-electron chi connectivity index (χ3n) is 8.95. The summed E-state index contributed by atoms with van der Waals surface area (Å²) in [7, 11) is 2.17. The summed E-state index contributed by atoms with van der Waals surface area (Å²) in [4.78, 5) is 28.6. The number of hydrogen-bond donors (Lipinski definition) is 2. The Balaban J connectivity index is 1.33. The third-order valence-corrected chi connectivity index (χ3v) is 9.19. The van der Waals surface area contributed by atoms with Crippen LogP contribution >= 0.6 is 11.6 Å². The number of aryl methyl sites for hydroxylation is 1. The zero-order valence-corrected chi connectivity index (χ0v) is 26.2. The Morgan fingerprint density at radius 1 is 1.00 bits per heavy atom. The average Bonchev–Trinajstić information content (AvgIpc) is 3.01. The number of benzene rings is 2. The molecule has 0 spiro atoms. The molecule has 2 aliphatic rings. The molecule has 1 aliphatic heterocycles. The number of aromatic nitrogens is 3. The number of hydrogen-bond acceptors (Lipinski definition) is 7. The van der Waals surface area contributed by atoms with Gasteiger partial charge >= 0.3 is 0 Å². The molecule has 0 unspecified atom stereocenters. The largest absolute Gasteiger partial charge is 0.369 e. The summed E-state index contributed by atoms with van der Waals surface area (Å²) in [6.07, 6.45) is 6.87. The minimum absolute atomic E-state index is 0.0308. The number of anilines is 3. The molecule has 2 fully saturated rings. The maximum Gasteiger partial charge on any atom is 0.260 e. The quantitative estimate of drug-likeness (QED) is 0.243. The van der Waals surface area contributed by atoms with E-state index in [-0.39, 0.29) is 11.6 Å². The van der Waals surface area contributed by atoms with Gasteiger partial charge in [0.1, 0.15) is 5.65 Å². The van der Waals surface area contributed by atoms with Gasteiger partial charge in [-0.15, -0.1) is 0 Å². The second kappa shape index (κ2) is 13.0. The predicted octanol–water partition coefficient (Wildman–Crippen LogP) is 6.40. The zero-order valence-electron chi connectivity index (χ0n) is 25.4. The Morgan fingerprint density at radius 2 is 1.79 bits per heavy atom. The third kappa shape index (κ3) is 6.56. The summed E-state index contributed by atoms with van der Waals surface area (Å²) in [6.45, 7) is 9.58. The number of fused-ring (bicyclic) bond motifs is 1. The van der Waals surface area contributed by atoms with Crippen LogP contribution < -0.4 is 21.1 Å². The maximum absolute atomic E-state index is 14.2. The second-order valence-electron chi connectivity index (χ2n) is 12.1. The summed E-state index contributed by atoms with van der Waals surface area (Å²) in [5.41, 5.74) is 5.49. The van der Waals surface area contributed by atoms with Gasteiger partial charge in [-0.1, -0.05) is 30.7 Å². The van der Waals surface area contributed by atoms with E-state index >= 15 is 0 Å². The maximum atomic E-state index is 14.2. The standard InChI is InChI=1S/C34H42ClN7O/c1-4-14-36-27-8-11-29(12-9-27)42-32-25(21-30(33(42)43)24-6-5-7-26(35)20-24)22-37-34(39-32)38-28-10-13-31(23(2)19-28)41-17-15-40(3)16-18-41/h5-7,10,13,19-22,27,29,36H,4,8-9,11-12,14-18H2,1-3H3,(H,37,38,39). The van der Waals surface area contributed by atoms with E-state index in [9.17, 15) is 4.79 Å². The van der Waals surface area contributed by atoms with Crippen molar-refractivity contribution in [3.8, 4) is 11.1 Å². The molecule has 9 heteroatoms. The van der Waals surface area contributed by atoms with Crippen LogP contribution in [0.4, 0.5) is 17.3 Å². The van der Waals surface area contributed by atoms with Crippen molar-refractivity contribution in [3.05, 3.63) is 75.7 Å². The van der Waals surface area contributed by atoms with Gasteiger partial charge in [0.15, 0.2) is 0 Å². The highest BCUT2D eigenvalue weighted by molar-refractivity contribution is 6.30. The summed E-state index contributed by atoms with van der Waals surface area (Å²) in [5, 5.41) is 8.53. The van der Waals surface area contributed by atoms with Crippen LogP contribution in [0.3, 0.4) is 0 Å². The minimum atomic E-state index is -0.0308. The molecular formula is C34H42ClN7O. The van der Waals surface area contributed by atoms with Crippen molar-refractivity contribution in [2.45, 2.75) is 58.0 Å². The van der Waals surface area contributed by atoms with Gasteiger partial charge in [-0.25, -0.2) is 4.98 Å². The molecule has 0 amide bonds. The molecule has 6 rings (SSSR count). The summed E-state index contributed by atoms with van der Waals surface area (Å²) in [5.74, 6) is 0.487. The van der Waals surface area contributed by atoms with Gasteiger partial charge in [0, 0.05) is 71.8 Å². The molecule has 8 nitrogen and oxygen atoms in total. The monoisotopic (exact) mass is 599 g/mol. The summed E-state index contributed by atoms with van der Waals surface area (Å²) < 4.78 is 1.93. The highest BCUT2D eigenvalue weighted by atomic mass is 35.5. The molecular weight excluding hydrogens is 558 g/mol. The number of halogens is 1. The fourth-order valence-electron chi connectivity index (χ4n) is 6.53. The minimum Gasteiger partial charge on any atom is -0.369 e. The lowest BCUT2D eigenvalue weighted by Gasteiger charge is -2.35. The van der Waals surface area contributed by atoms with E-state index in [0.717, 1.165) is 81.5 Å². The Hall–Kier alpha value is -3.46. The first-order chi connectivity index (χ1) is 20.9. The molecule has 3 heterocycles. The van der Waals surface area contributed by atoms with Crippen LogP contribution in [0, 0.1) is 6.92 Å². The van der Waals surface area contributed by atoms with Crippen molar-refractivity contribution in [2.24, 2.45) is 0 Å². The fraction of sp³-hybridized carbons (Fsp3) is 0.441. The van der Waals surface area contributed by atoms with Crippen molar-refractivity contribution in [1.82, 2.24) is 24.8 Å². The number of rotatable bonds is 8. The topological polar surface area (TPSA) is 78.3 Å². The van der Waals surface area contributed by atoms with Crippen LogP contribution in [0.2, 0.25) is 5.02 Å². The van der Waals surface area contributed by atoms with E-state index in [0.29, 0.717) is 28.2 Å². The summed E-state index contributed by atoms with van der Waals surface area (Å²) in [6, 6.07) is 16.4. The van der Waals surface area contributed by atoms with Crippen molar-refractivity contribution in [2.75, 3.05) is 50.0 Å². The molecule has 2 aromatic heterocycles. The van der Waals surface area contributed by atoms with Gasteiger partial charge in [0.05, 0.1) is 0 Å². The normalized spacial score (nSPS) is 19.6. The van der Waals surface area contributed by atoms with Gasteiger partial charge in [-0.2, -0.15) is 4.98 Å². The number of pyridine rings is 1. The van der Waals surface area contributed by atoms with E-state index in [2.05, 4.69) is 64.5 Å². The number of likely N-dealkylation sites (N-methyl/N-ethyl adjacent to an activating group) is 1. The first-order valence-corrected chi connectivity index (χ1v) is 16.0. The van der Waals surface area contributed by atoms with Crippen molar-refractivity contribution in [1.29, 1.82) is 0 Å². The predicted molar refractivity (Wildman–Crippen MR) is 178 cm³/mol. The lowest BCUT2D eigenvalue weighted by atomic mass is 9.90. The molecule has 1 saturated carbocycles. The molecule has 0 bridgehead atoms. The first-order valence-electron chi connectivity index (χ1n) is 15.6. The highest BCUT2D eigenvalue weighted by Crippen LogP contribution is 2.32. The van der Waals surface area contributed by atoms with E-state index in [1.165, 1.54) is 11.3 Å². The van der Waals surface area contributed by atoms with Crippen LogP contribution in [-0.4, -0.2) is 65.2 Å². The first kappa shape index (κ1) is 29.6. The smallest absolute Gasteiger partial charge is 0.260 e. The van der Waals surface area contributed by atoms with E-state index in [4.69, 9.17) is 16.6 Å². The highest BCUT2D eigenvalue weighted by Gasteiger charge is 2.26. The number of nitrogens with zero attached hydrogens (tertiary/aromatic N) is 5. The summed E-state index contributed by atoms with van der Waals surface area (Å²) >= 11 is 6.33. The van der Waals surface area contributed by atoms with Crippen molar-refractivity contribution >= 4 is 40.0 Å². The van der Waals surface area contributed by atoms with Crippen molar-refractivity contribution < 1.29 is 0 Å². The fourth-order valence-corrected chi connectivity index (χ4v) is 6.72. The average molecular weight is 600 g/mol. The molecule has 43 heavy (non-hydrogen) atoms. The van der Waals surface area contributed by atoms with Crippen molar-refractivity contribution in [3.63, 3.8) is 0 Å². The molecule has 1 aliphatic carbocycles. The van der Waals surface area contributed by atoms with Gasteiger partial charge in [0.25, 0.3) is 5.56 Å². The van der Waals surface area contributed by atoms with Gasteiger partial charge in [-0.3, -0.25) is 9.36 Å². The zero-order chi connectivity index (χ0) is 29.9. The second-order valence-corrected chi connectivity index (χ2v) is 12.5. The van der Waals surface area contributed by atoms with Crippen LogP contribution in [0.5, 0.6) is 0 Å². The lowest BCUT2D eigenvalue weighted by Crippen LogP contribution is -2.44. The van der Waals surface area contributed by atoms with E-state index in [1.807, 2.05) is 41.1 Å².